The fraction of sp³-hybridized carbons (Fsp3) is 0.667. The Hall–Kier alpha value is -1.89. The predicted octanol–water partition coefficient (Wildman–Crippen LogP) is 0.158. The maximum absolute atomic E-state index is 12.7. The van der Waals surface area contributed by atoms with E-state index in [1.807, 2.05) is 17.8 Å². The van der Waals surface area contributed by atoms with Crippen LogP contribution in [0.1, 0.15) is 42.7 Å². The highest BCUT2D eigenvalue weighted by Gasteiger charge is 2.33. The van der Waals surface area contributed by atoms with Gasteiger partial charge >= 0.3 is 0 Å². The Morgan fingerprint density at radius 2 is 2.32 bits per heavy atom. The van der Waals surface area contributed by atoms with Crippen LogP contribution < -0.4 is 10.6 Å². The summed E-state index contributed by atoms with van der Waals surface area (Å²) in [5.41, 5.74) is 0.429. The minimum absolute atomic E-state index is 0.0713. The second-order valence-corrected chi connectivity index (χ2v) is 5.89. The van der Waals surface area contributed by atoms with Crippen molar-refractivity contribution in [1.29, 1.82) is 0 Å². The zero-order valence-electron chi connectivity index (χ0n) is 12.9. The van der Waals surface area contributed by atoms with Crippen LogP contribution in [0.5, 0.6) is 0 Å². The van der Waals surface area contributed by atoms with Crippen LogP contribution in [0.3, 0.4) is 0 Å². The summed E-state index contributed by atoms with van der Waals surface area (Å²) in [6.45, 7) is 4.90. The summed E-state index contributed by atoms with van der Waals surface area (Å²) in [5, 5.41) is 10.6. The first kappa shape index (κ1) is 15.0. The highest BCUT2D eigenvalue weighted by molar-refractivity contribution is 5.96. The number of hydrogen-bond donors (Lipinski definition) is 2. The molecule has 2 aliphatic rings. The molecule has 0 unspecified atom stereocenters. The summed E-state index contributed by atoms with van der Waals surface area (Å²) >= 11 is 0. The van der Waals surface area contributed by atoms with Crippen molar-refractivity contribution in [1.82, 2.24) is 25.3 Å². The lowest BCUT2D eigenvalue weighted by molar-refractivity contribution is -0.127. The van der Waals surface area contributed by atoms with Gasteiger partial charge in [0.05, 0.1) is 6.04 Å². The number of amides is 2. The van der Waals surface area contributed by atoms with Crippen molar-refractivity contribution in [3.8, 4) is 0 Å². The summed E-state index contributed by atoms with van der Waals surface area (Å²) in [4.78, 5) is 26.2. The summed E-state index contributed by atoms with van der Waals surface area (Å²) in [5.74, 6) is -0.220. The van der Waals surface area contributed by atoms with E-state index >= 15 is 0 Å². The zero-order chi connectivity index (χ0) is 15.5. The summed E-state index contributed by atoms with van der Waals surface area (Å²) in [7, 11) is 0. The number of carbonyl (C=O) groups excluding carboxylic acids is 2. The lowest BCUT2D eigenvalue weighted by atomic mass is 10.1. The second-order valence-electron chi connectivity index (χ2n) is 5.89. The molecule has 0 aromatic carbocycles. The maximum atomic E-state index is 12.7. The van der Waals surface area contributed by atoms with Gasteiger partial charge < -0.3 is 15.5 Å². The summed E-state index contributed by atoms with van der Waals surface area (Å²) < 4.78 is 1.88. The van der Waals surface area contributed by atoms with Crippen molar-refractivity contribution in [2.75, 3.05) is 26.2 Å². The highest BCUT2D eigenvalue weighted by Crippen LogP contribution is 2.17. The molecule has 1 aromatic rings. The Morgan fingerprint density at radius 3 is 3.05 bits per heavy atom. The molecule has 0 aliphatic carbocycles. The molecule has 1 aromatic heterocycles. The summed E-state index contributed by atoms with van der Waals surface area (Å²) in [6.07, 6.45) is 4.69. The first-order valence-electron chi connectivity index (χ1n) is 8.05. The minimum atomic E-state index is -0.386. The molecule has 2 fully saturated rings. The molecule has 7 nitrogen and oxygen atoms in total. The van der Waals surface area contributed by atoms with E-state index in [1.165, 1.54) is 0 Å². The van der Waals surface area contributed by atoms with Crippen LogP contribution in [-0.4, -0.2) is 58.7 Å². The van der Waals surface area contributed by atoms with E-state index in [9.17, 15) is 9.59 Å². The normalized spacial score (nSPS) is 25.9. The van der Waals surface area contributed by atoms with Gasteiger partial charge in [0.2, 0.25) is 5.91 Å². The van der Waals surface area contributed by atoms with Gasteiger partial charge in [0.1, 0.15) is 11.7 Å². The molecule has 0 bridgehead atoms. The molecule has 0 saturated carbocycles. The van der Waals surface area contributed by atoms with E-state index < -0.39 is 0 Å². The number of piperazine rings is 1. The third-order valence-corrected chi connectivity index (χ3v) is 4.45. The predicted molar refractivity (Wildman–Crippen MR) is 81.5 cm³/mol. The van der Waals surface area contributed by atoms with Crippen LogP contribution in [0.2, 0.25) is 0 Å². The van der Waals surface area contributed by atoms with Crippen molar-refractivity contribution < 1.29 is 9.59 Å². The Morgan fingerprint density at radius 1 is 1.45 bits per heavy atom. The van der Waals surface area contributed by atoms with Crippen LogP contribution in [0, 0.1) is 0 Å². The third-order valence-electron chi connectivity index (χ3n) is 4.45. The Kier molecular flexibility index (Phi) is 4.42. The van der Waals surface area contributed by atoms with E-state index in [-0.39, 0.29) is 17.9 Å². The van der Waals surface area contributed by atoms with Crippen LogP contribution in [0.15, 0.2) is 12.3 Å². The SMILES string of the molecule is CC[C@@H]1C(=O)NCCN1C(=O)c1ccn([C@H]2CCCNC2)n1. The number of nitrogens with one attached hydrogen (secondary N) is 2. The molecule has 2 aliphatic heterocycles. The van der Waals surface area contributed by atoms with Gasteiger partial charge in [-0.15, -0.1) is 0 Å². The van der Waals surface area contributed by atoms with Crippen LogP contribution >= 0.6 is 0 Å². The van der Waals surface area contributed by atoms with Crippen LogP contribution in [0.25, 0.3) is 0 Å². The lowest BCUT2D eigenvalue weighted by Crippen LogP contribution is -2.57. The van der Waals surface area contributed by atoms with Gasteiger partial charge in [0, 0.05) is 25.8 Å². The number of rotatable bonds is 3. The van der Waals surface area contributed by atoms with E-state index in [0.29, 0.717) is 31.2 Å². The van der Waals surface area contributed by atoms with Gasteiger partial charge in [-0.1, -0.05) is 6.92 Å². The number of carbonyl (C=O) groups is 2. The van der Waals surface area contributed by atoms with Gasteiger partial charge in [0.25, 0.3) is 5.91 Å². The van der Waals surface area contributed by atoms with Gasteiger partial charge in [0.15, 0.2) is 0 Å². The summed E-state index contributed by atoms with van der Waals surface area (Å²) in [6, 6.07) is 1.68. The largest absolute Gasteiger partial charge is 0.353 e. The van der Waals surface area contributed by atoms with E-state index in [4.69, 9.17) is 0 Å². The Balaban J connectivity index is 1.74. The average Bonchev–Trinajstić information content (AvgIpc) is 3.05. The molecular formula is C15H23N5O2. The van der Waals surface area contributed by atoms with E-state index in [2.05, 4.69) is 15.7 Å². The standard InChI is InChI=1S/C15H23N5O2/c1-2-13-14(21)17-7-9-19(13)15(22)12-5-8-20(18-12)11-4-3-6-16-10-11/h5,8,11,13,16H,2-4,6-7,9-10H2,1H3,(H,17,21)/t11-,13+/m0/s1. The number of piperidine rings is 1. The van der Waals surface area contributed by atoms with Gasteiger partial charge in [-0.05, 0) is 31.9 Å². The van der Waals surface area contributed by atoms with Gasteiger partial charge in [-0.25, -0.2) is 0 Å². The van der Waals surface area contributed by atoms with Crippen molar-refractivity contribution in [3.63, 3.8) is 0 Å². The van der Waals surface area contributed by atoms with Gasteiger partial charge in [-0.3, -0.25) is 14.3 Å². The number of hydrogen-bond acceptors (Lipinski definition) is 4. The molecule has 2 amide bonds. The van der Waals surface area contributed by atoms with Crippen LogP contribution in [0.4, 0.5) is 0 Å². The Labute approximate surface area is 130 Å². The molecule has 0 radical (unpaired) electrons. The molecule has 0 spiro atoms. The molecule has 3 heterocycles. The average molecular weight is 305 g/mol. The van der Waals surface area contributed by atoms with E-state index in [1.54, 1.807) is 11.0 Å². The minimum Gasteiger partial charge on any atom is -0.353 e. The molecule has 2 atom stereocenters. The molecule has 2 saturated heterocycles. The second kappa shape index (κ2) is 6.48. The maximum Gasteiger partial charge on any atom is 0.275 e. The molecule has 3 rings (SSSR count). The van der Waals surface area contributed by atoms with Crippen molar-refractivity contribution in [2.24, 2.45) is 0 Å². The first-order valence-corrected chi connectivity index (χ1v) is 8.05. The smallest absolute Gasteiger partial charge is 0.275 e. The number of nitrogens with zero attached hydrogens (tertiary/aromatic N) is 3. The Bertz CT molecular complexity index is 550. The lowest BCUT2D eigenvalue weighted by Gasteiger charge is -2.34. The van der Waals surface area contributed by atoms with E-state index in [0.717, 1.165) is 25.9 Å². The molecule has 2 N–H and O–H groups in total. The van der Waals surface area contributed by atoms with Crippen molar-refractivity contribution in [2.45, 2.75) is 38.3 Å². The topological polar surface area (TPSA) is 79.3 Å². The molecule has 7 heteroatoms. The first-order chi connectivity index (χ1) is 10.7. The monoisotopic (exact) mass is 305 g/mol. The molecule has 22 heavy (non-hydrogen) atoms. The number of aromatic nitrogens is 2. The quantitative estimate of drug-likeness (QED) is 0.834. The fourth-order valence-corrected chi connectivity index (χ4v) is 3.23. The van der Waals surface area contributed by atoms with Crippen molar-refractivity contribution >= 4 is 11.8 Å². The molecular weight excluding hydrogens is 282 g/mol. The zero-order valence-corrected chi connectivity index (χ0v) is 12.9. The molecule has 120 valence electrons. The van der Waals surface area contributed by atoms with Gasteiger partial charge in [-0.2, -0.15) is 5.10 Å². The fourth-order valence-electron chi connectivity index (χ4n) is 3.23. The van der Waals surface area contributed by atoms with Crippen LogP contribution in [-0.2, 0) is 4.79 Å². The highest BCUT2D eigenvalue weighted by atomic mass is 16.2. The third kappa shape index (κ3) is 2.85. The van der Waals surface area contributed by atoms with Crippen molar-refractivity contribution in [3.05, 3.63) is 18.0 Å².